The second-order valence-electron chi connectivity index (χ2n) is 4.01. The molecule has 1 fully saturated rings. The highest BCUT2D eigenvalue weighted by Gasteiger charge is 2.63. The molecule has 0 spiro atoms. The van der Waals surface area contributed by atoms with Crippen LogP contribution in [0, 0.1) is 0 Å². The molecule has 0 unspecified atom stereocenters. The monoisotopic (exact) mass is 267 g/mol. The van der Waals surface area contributed by atoms with Gasteiger partial charge in [-0.3, -0.25) is 4.79 Å². The summed E-state index contributed by atoms with van der Waals surface area (Å²) >= 11 is 5.68. The van der Waals surface area contributed by atoms with Crippen molar-refractivity contribution < 1.29 is 13.2 Å². The van der Waals surface area contributed by atoms with Crippen molar-refractivity contribution in [2.75, 3.05) is 5.32 Å². The fourth-order valence-corrected chi connectivity index (χ4v) is 1.68. The second-order valence-corrected chi connectivity index (χ2v) is 4.38. The van der Waals surface area contributed by atoms with Gasteiger partial charge >= 0.3 is 6.18 Å². The lowest BCUT2D eigenvalue weighted by Gasteiger charge is -2.22. The van der Waals surface area contributed by atoms with Crippen LogP contribution in [0.5, 0.6) is 0 Å². The first-order chi connectivity index (χ1) is 7.77. The minimum absolute atomic E-state index is 0.0258. The smallest absolute Gasteiger partial charge is 0.369 e. The molecule has 4 nitrogen and oxygen atoms in total. The van der Waals surface area contributed by atoms with Crippen LogP contribution in [-0.4, -0.2) is 21.5 Å². The molecule has 1 aliphatic rings. The number of alkyl halides is 3. The predicted octanol–water partition coefficient (Wildman–Crippen LogP) is 1.94. The quantitative estimate of drug-likeness (QED) is 0.891. The number of hydrogen-bond donors (Lipinski definition) is 1. The van der Waals surface area contributed by atoms with E-state index in [0.717, 1.165) is 10.9 Å². The Morgan fingerprint density at radius 1 is 1.53 bits per heavy atom. The molecule has 1 N–H and O–H groups in total. The number of rotatable bonds is 2. The van der Waals surface area contributed by atoms with Gasteiger partial charge in [-0.2, -0.15) is 18.3 Å². The molecule has 0 saturated heterocycles. The maximum atomic E-state index is 12.7. The fourth-order valence-electron chi connectivity index (χ4n) is 1.46. The molecule has 17 heavy (non-hydrogen) atoms. The molecule has 1 aromatic rings. The van der Waals surface area contributed by atoms with Gasteiger partial charge in [0, 0.05) is 7.05 Å². The van der Waals surface area contributed by atoms with Crippen LogP contribution in [0.2, 0.25) is 5.02 Å². The molecule has 2 rings (SSSR count). The van der Waals surface area contributed by atoms with Crippen molar-refractivity contribution in [1.82, 2.24) is 9.78 Å². The first-order valence-corrected chi connectivity index (χ1v) is 5.21. The average Bonchev–Trinajstić information content (AvgIpc) is 2.99. The van der Waals surface area contributed by atoms with E-state index in [1.54, 1.807) is 0 Å². The third-order valence-corrected chi connectivity index (χ3v) is 3.11. The van der Waals surface area contributed by atoms with Crippen LogP contribution in [0.15, 0.2) is 11.0 Å². The zero-order valence-electron chi connectivity index (χ0n) is 8.81. The standard InChI is InChI=1S/C9H9ClF3N3O/c1-16-7(17)6(10)5(4-14-16)15-8(2-3-8)9(11,12)13/h4,15H,2-3H2,1H3. The van der Waals surface area contributed by atoms with Gasteiger partial charge < -0.3 is 5.32 Å². The average molecular weight is 268 g/mol. The van der Waals surface area contributed by atoms with Crippen molar-refractivity contribution in [1.29, 1.82) is 0 Å². The van der Waals surface area contributed by atoms with Crippen molar-refractivity contribution in [3.8, 4) is 0 Å². The van der Waals surface area contributed by atoms with Crippen LogP contribution in [-0.2, 0) is 7.05 Å². The lowest BCUT2D eigenvalue weighted by Crippen LogP contribution is -2.39. The number of halogens is 4. The van der Waals surface area contributed by atoms with Crippen molar-refractivity contribution in [2.45, 2.75) is 24.6 Å². The zero-order valence-corrected chi connectivity index (χ0v) is 9.56. The Kier molecular flexibility index (Phi) is 2.61. The molecule has 1 heterocycles. The Labute approximate surface area is 99.4 Å². The molecule has 1 aliphatic carbocycles. The van der Waals surface area contributed by atoms with E-state index in [9.17, 15) is 18.0 Å². The summed E-state index contributed by atoms with van der Waals surface area (Å²) in [5.41, 5.74) is -2.66. The van der Waals surface area contributed by atoms with Crippen molar-refractivity contribution in [3.05, 3.63) is 21.6 Å². The molecule has 8 heteroatoms. The Bertz CT molecular complexity index is 507. The van der Waals surface area contributed by atoms with Crippen LogP contribution < -0.4 is 10.9 Å². The molecule has 0 aliphatic heterocycles. The molecule has 0 aromatic carbocycles. The molecule has 94 valence electrons. The van der Waals surface area contributed by atoms with Crippen LogP contribution in [0.4, 0.5) is 18.9 Å². The molecule has 0 atom stereocenters. The van der Waals surface area contributed by atoms with Gasteiger partial charge in [-0.15, -0.1) is 0 Å². The first kappa shape index (κ1) is 12.2. The zero-order chi connectivity index (χ0) is 12.8. The van der Waals surface area contributed by atoms with Gasteiger partial charge in [0.2, 0.25) is 0 Å². The topological polar surface area (TPSA) is 46.9 Å². The van der Waals surface area contributed by atoms with Gasteiger partial charge in [0.05, 0.1) is 11.9 Å². The number of anilines is 1. The van der Waals surface area contributed by atoms with Crippen LogP contribution >= 0.6 is 11.6 Å². The summed E-state index contributed by atoms with van der Waals surface area (Å²) in [6, 6.07) is 0. The molecule has 0 radical (unpaired) electrons. The van der Waals surface area contributed by atoms with Gasteiger partial charge in [0.1, 0.15) is 10.6 Å². The summed E-state index contributed by atoms with van der Waals surface area (Å²) in [5.74, 6) is 0. The first-order valence-electron chi connectivity index (χ1n) is 4.83. The highest BCUT2D eigenvalue weighted by molar-refractivity contribution is 6.32. The SMILES string of the molecule is Cn1ncc(NC2(C(F)(F)F)CC2)c(Cl)c1=O. The molecule has 0 amide bonds. The van der Waals surface area contributed by atoms with Gasteiger partial charge in [-0.05, 0) is 12.8 Å². The summed E-state index contributed by atoms with van der Waals surface area (Å²) in [7, 11) is 1.37. The predicted molar refractivity (Wildman–Crippen MR) is 56.1 cm³/mol. The number of aromatic nitrogens is 2. The fraction of sp³-hybridized carbons (Fsp3) is 0.556. The van der Waals surface area contributed by atoms with E-state index < -0.39 is 17.3 Å². The summed E-state index contributed by atoms with van der Waals surface area (Å²) in [6.07, 6.45) is -3.29. The molecule has 1 aromatic heterocycles. The summed E-state index contributed by atoms with van der Waals surface area (Å²) in [6.45, 7) is 0. The van der Waals surface area contributed by atoms with E-state index in [2.05, 4.69) is 10.4 Å². The van der Waals surface area contributed by atoms with E-state index in [1.165, 1.54) is 7.05 Å². The second kappa shape index (κ2) is 3.63. The van der Waals surface area contributed by atoms with Crippen LogP contribution in [0.1, 0.15) is 12.8 Å². The van der Waals surface area contributed by atoms with Gasteiger partial charge in [-0.1, -0.05) is 11.6 Å². The maximum absolute atomic E-state index is 12.7. The Morgan fingerprint density at radius 3 is 2.59 bits per heavy atom. The largest absolute Gasteiger partial charge is 0.411 e. The van der Waals surface area contributed by atoms with Gasteiger partial charge in [0.25, 0.3) is 5.56 Å². The highest BCUT2D eigenvalue weighted by atomic mass is 35.5. The Morgan fingerprint density at radius 2 is 2.12 bits per heavy atom. The minimum Gasteiger partial charge on any atom is -0.369 e. The molecular formula is C9H9ClF3N3O. The minimum atomic E-state index is -4.36. The van der Waals surface area contributed by atoms with Crippen LogP contribution in [0.25, 0.3) is 0 Å². The Hall–Kier alpha value is -1.24. The number of nitrogens with zero attached hydrogens (tertiary/aromatic N) is 2. The lowest BCUT2D eigenvalue weighted by atomic mass is 10.2. The lowest BCUT2D eigenvalue weighted by molar-refractivity contribution is -0.151. The molecular weight excluding hydrogens is 259 g/mol. The summed E-state index contributed by atoms with van der Waals surface area (Å²) in [5, 5.41) is 5.62. The highest BCUT2D eigenvalue weighted by Crippen LogP contribution is 2.51. The Balaban J connectivity index is 2.33. The third-order valence-electron chi connectivity index (χ3n) is 2.74. The molecule has 0 bridgehead atoms. The van der Waals surface area contributed by atoms with Gasteiger partial charge in [0.15, 0.2) is 0 Å². The van der Waals surface area contributed by atoms with Crippen molar-refractivity contribution >= 4 is 17.3 Å². The van der Waals surface area contributed by atoms with E-state index in [4.69, 9.17) is 11.6 Å². The van der Waals surface area contributed by atoms with Crippen molar-refractivity contribution in [3.63, 3.8) is 0 Å². The van der Waals surface area contributed by atoms with Crippen LogP contribution in [0.3, 0.4) is 0 Å². The number of nitrogens with one attached hydrogen (secondary N) is 1. The molecule has 1 saturated carbocycles. The number of hydrogen-bond acceptors (Lipinski definition) is 3. The van der Waals surface area contributed by atoms with Crippen molar-refractivity contribution in [2.24, 2.45) is 7.05 Å². The van der Waals surface area contributed by atoms with E-state index in [0.29, 0.717) is 0 Å². The normalized spacial score (nSPS) is 17.9. The van der Waals surface area contributed by atoms with E-state index in [-0.39, 0.29) is 23.6 Å². The third kappa shape index (κ3) is 1.99. The van der Waals surface area contributed by atoms with E-state index in [1.807, 2.05) is 0 Å². The summed E-state index contributed by atoms with van der Waals surface area (Å²) < 4.78 is 39.0. The number of aryl methyl sites for hydroxylation is 1. The summed E-state index contributed by atoms with van der Waals surface area (Å²) in [4.78, 5) is 11.4. The van der Waals surface area contributed by atoms with E-state index >= 15 is 0 Å². The maximum Gasteiger partial charge on any atom is 0.411 e. The van der Waals surface area contributed by atoms with Gasteiger partial charge in [-0.25, -0.2) is 4.68 Å².